The third-order valence-corrected chi connectivity index (χ3v) is 2.45. The first kappa shape index (κ1) is 12.0. The average Bonchev–Trinajstić information content (AvgIpc) is 2.50. The first-order chi connectivity index (χ1) is 8.02. The second-order valence-corrected chi connectivity index (χ2v) is 3.72. The number of hydrogen-bond donors (Lipinski definition) is 1. The molecular formula is C11H12F3NO2. The molecule has 0 bridgehead atoms. The maximum absolute atomic E-state index is 12.8. The smallest absolute Gasteiger partial charge is 0.420 e. The summed E-state index contributed by atoms with van der Waals surface area (Å²) in [6, 6.07) is 2.50. The van der Waals surface area contributed by atoms with Gasteiger partial charge in [-0.05, 0) is 17.7 Å². The summed E-state index contributed by atoms with van der Waals surface area (Å²) in [6.45, 7) is 0.593. The summed E-state index contributed by atoms with van der Waals surface area (Å²) in [5, 5.41) is 0. The summed E-state index contributed by atoms with van der Waals surface area (Å²) in [5.74, 6) is -0.107. The number of benzene rings is 1. The molecule has 2 rings (SSSR count). The van der Waals surface area contributed by atoms with Crippen molar-refractivity contribution < 1.29 is 22.6 Å². The van der Waals surface area contributed by atoms with Gasteiger partial charge in [-0.25, -0.2) is 0 Å². The molecule has 0 spiro atoms. The van der Waals surface area contributed by atoms with Gasteiger partial charge in [-0.15, -0.1) is 0 Å². The topological polar surface area (TPSA) is 44.5 Å². The van der Waals surface area contributed by atoms with E-state index in [2.05, 4.69) is 0 Å². The number of nitrogens with two attached hydrogens (primary N) is 1. The van der Waals surface area contributed by atoms with E-state index in [-0.39, 0.29) is 24.7 Å². The van der Waals surface area contributed by atoms with Crippen LogP contribution in [0.2, 0.25) is 0 Å². The monoisotopic (exact) mass is 247 g/mol. The second kappa shape index (κ2) is 4.44. The van der Waals surface area contributed by atoms with E-state index >= 15 is 0 Å². The predicted molar refractivity (Wildman–Crippen MR) is 54.9 cm³/mol. The van der Waals surface area contributed by atoms with E-state index in [0.29, 0.717) is 18.6 Å². The Morgan fingerprint density at radius 3 is 2.53 bits per heavy atom. The average molecular weight is 247 g/mol. The minimum atomic E-state index is -4.47. The van der Waals surface area contributed by atoms with Crippen LogP contribution in [0.5, 0.6) is 11.5 Å². The van der Waals surface area contributed by atoms with Gasteiger partial charge in [0.2, 0.25) is 0 Å². The molecule has 17 heavy (non-hydrogen) atoms. The second-order valence-electron chi connectivity index (χ2n) is 3.72. The van der Waals surface area contributed by atoms with E-state index in [1.165, 1.54) is 6.07 Å². The summed E-state index contributed by atoms with van der Waals surface area (Å²) in [5.41, 5.74) is 4.93. The fourth-order valence-corrected chi connectivity index (χ4v) is 1.66. The fraction of sp³-hybridized carbons (Fsp3) is 0.455. The summed E-state index contributed by atoms with van der Waals surface area (Å²) >= 11 is 0. The molecule has 2 N–H and O–H groups in total. The predicted octanol–water partition coefficient (Wildman–Crippen LogP) is 2.33. The van der Waals surface area contributed by atoms with Crippen molar-refractivity contribution >= 4 is 0 Å². The lowest BCUT2D eigenvalue weighted by molar-refractivity contribution is -0.139. The van der Waals surface area contributed by atoms with Crippen LogP contribution in [0.1, 0.15) is 17.5 Å². The van der Waals surface area contributed by atoms with Gasteiger partial charge in [-0.3, -0.25) is 0 Å². The molecule has 6 heteroatoms. The van der Waals surface area contributed by atoms with Crippen molar-refractivity contribution in [1.82, 2.24) is 0 Å². The zero-order valence-electron chi connectivity index (χ0n) is 9.01. The lowest BCUT2D eigenvalue weighted by Gasteiger charge is -2.16. The lowest BCUT2D eigenvalue weighted by atomic mass is 10.1. The number of fused-ring (bicyclic) bond motifs is 1. The molecule has 1 aliphatic rings. The standard InChI is InChI=1S/C11H12F3NO2/c12-11(13,14)8-4-7(6-15)5-9-10(8)17-3-1-2-16-9/h4-5H,1-3,6,15H2. The Balaban J connectivity index is 2.55. The molecule has 0 aromatic heterocycles. The molecule has 1 heterocycles. The van der Waals surface area contributed by atoms with Crippen molar-refractivity contribution in [1.29, 1.82) is 0 Å². The van der Waals surface area contributed by atoms with Gasteiger partial charge >= 0.3 is 6.18 Å². The highest BCUT2D eigenvalue weighted by Crippen LogP contribution is 2.43. The molecule has 1 aromatic carbocycles. The van der Waals surface area contributed by atoms with Gasteiger partial charge in [0.15, 0.2) is 11.5 Å². The molecule has 0 amide bonds. The molecule has 1 aromatic rings. The van der Waals surface area contributed by atoms with Gasteiger partial charge in [-0.1, -0.05) is 0 Å². The molecule has 0 saturated heterocycles. The normalized spacial score (nSPS) is 15.5. The number of alkyl halides is 3. The van der Waals surface area contributed by atoms with E-state index in [1.54, 1.807) is 0 Å². The highest BCUT2D eigenvalue weighted by molar-refractivity contribution is 5.51. The summed E-state index contributed by atoms with van der Waals surface area (Å²) in [7, 11) is 0. The van der Waals surface area contributed by atoms with Crippen molar-refractivity contribution in [3.63, 3.8) is 0 Å². The minimum absolute atomic E-state index is 0.0275. The summed E-state index contributed by atoms with van der Waals surface area (Å²) in [4.78, 5) is 0. The molecule has 3 nitrogen and oxygen atoms in total. The Labute approximate surface area is 96.3 Å². The van der Waals surface area contributed by atoms with Gasteiger partial charge in [0.1, 0.15) is 5.56 Å². The zero-order chi connectivity index (χ0) is 12.5. The first-order valence-corrected chi connectivity index (χ1v) is 5.22. The molecule has 0 atom stereocenters. The number of ether oxygens (including phenoxy) is 2. The third-order valence-electron chi connectivity index (χ3n) is 2.45. The number of rotatable bonds is 1. The molecule has 0 saturated carbocycles. The molecule has 0 unspecified atom stereocenters. The molecule has 0 fully saturated rings. The third kappa shape index (κ3) is 2.46. The van der Waals surface area contributed by atoms with Crippen LogP contribution < -0.4 is 15.2 Å². The largest absolute Gasteiger partial charge is 0.490 e. The van der Waals surface area contributed by atoms with Gasteiger partial charge in [0.25, 0.3) is 0 Å². The molecule has 94 valence electrons. The minimum Gasteiger partial charge on any atom is -0.490 e. The summed E-state index contributed by atoms with van der Waals surface area (Å²) < 4.78 is 48.9. The van der Waals surface area contributed by atoms with Crippen LogP contribution in [-0.2, 0) is 12.7 Å². The SMILES string of the molecule is NCc1cc2c(c(C(F)(F)F)c1)OCCCO2. The van der Waals surface area contributed by atoms with Gasteiger partial charge in [0, 0.05) is 13.0 Å². The van der Waals surface area contributed by atoms with Crippen LogP contribution in [0.15, 0.2) is 12.1 Å². The molecule has 0 radical (unpaired) electrons. The van der Waals surface area contributed by atoms with E-state index in [0.717, 1.165) is 6.07 Å². The quantitative estimate of drug-likeness (QED) is 0.828. The van der Waals surface area contributed by atoms with Gasteiger partial charge < -0.3 is 15.2 Å². The highest BCUT2D eigenvalue weighted by atomic mass is 19.4. The Hall–Kier alpha value is -1.43. The number of hydrogen-bond acceptors (Lipinski definition) is 3. The van der Waals surface area contributed by atoms with E-state index in [4.69, 9.17) is 15.2 Å². The van der Waals surface area contributed by atoms with Crippen LogP contribution in [-0.4, -0.2) is 13.2 Å². The zero-order valence-corrected chi connectivity index (χ0v) is 9.01. The van der Waals surface area contributed by atoms with Gasteiger partial charge in [-0.2, -0.15) is 13.2 Å². The number of halogens is 3. The van der Waals surface area contributed by atoms with Crippen molar-refractivity contribution in [2.24, 2.45) is 5.73 Å². The molecule has 0 aliphatic carbocycles. The Morgan fingerprint density at radius 1 is 1.18 bits per heavy atom. The van der Waals surface area contributed by atoms with Crippen LogP contribution in [0, 0.1) is 0 Å². The van der Waals surface area contributed by atoms with Crippen LogP contribution in [0.25, 0.3) is 0 Å². The molecular weight excluding hydrogens is 235 g/mol. The maximum atomic E-state index is 12.8. The lowest BCUT2D eigenvalue weighted by Crippen LogP contribution is -2.10. The van der Waals surface area contributed by atoms with Crippen molar-refractivity contribution in [3.8, 4) is 11.5 Å². The van der Waals surface area contributed by atoms with Gasteiger partial charge in [0.05, 0.1) is 13.2 Å². The van der Waals surface area contributed by atoms with E-state index < -0.39 is 11.7 Å². The van der Waals surface area contributed by atoms with E-state index in [1.807, 2.05) is 0 Å². The first-order valence-electron chi connectivity index (χ1n) is 5.22. The van der Waals surface area contributed by atoms with Crippen LogP contribution >= 0.6 is 0 Å². The van der Waals surface area contributed by atoms with Crippen molar-refractivity contribution in [2.45, 2.75) is 19.1 Å². The highest BCUT2D eigenvalue weighted by Gasteiger charge is 2.37. The Kier molecular flexibility index (Phi) is 3.15. The van der Waals surface area contributed by atoms with E-state index in [9.17, 15) is 13.2 Å². The van der Waals surface area contributed by atoms with Crippen LogP contribution in [0.3, 0.4) is 0 Å². The Bertz CT molecular complexity index is 418. The Morgan fingerprint density at radius 2 is 1.88 bits per heavy atom. The van der Waals surface area contributed by atoms with Crippen LogP contribution in [0.4, 0.5) is 13.2 Å². The van der Waals surface area contributed by atoms with Crippen molar-refractivity contribution in [2.75, 3.05) is 13.2 Å². The fourth-order valence-electron chi connectivity index (χ4n) is 1.66. The summed E-state index contributed by atoms with van der Waals surface area (Å²) in [6.07, 6.45) is -3.91. The molecule has 1 aliphatic heterocycles. The van der Waals surface area contributed by atoms with Crippen molar-refractivity contribution in [3.05, 3.63) is 23.3 Å². The maximum Gasteiger partial charge on any atom is 0.420 e.